The fourth-order valence-corrected chi connectivity index (χ4v) is 5.25. The van der Waals surface area contributed by atoms with E-state index in [0.29, 0.717) is 29.5 Å². The van der Waals surface area contributed by atoms with Crippen molar-refractivity contribution in [3.63, 3.8) is 0 Å². The van der Waals surface area contributed by atoms with Crippen LogP contribution < -0.4 is 28.6 Å². The van der Waals surface area contributed by atoms with Gasteiger partial charge in [0.05, 0.1) is 44.6 Å². The van der Waals surface area contributed by atoms with Gasteiger partial charge >= 0.3 is 0 Å². The first kappa shape index (κ1) is 27.7. The average molecular weight is 529 g/mol. The van der Waals surface area contributed by atoms with Gasteiger partial charge in [-0.2, -0.15) is 0 Å². The van der Waals surface area contributed by atoms with Gasteiger partial charge in [-0.3, -0.25) is 9.10 Å². The Hall–Kier alpha value is -3.92. The monoisotopic (exact) mass is 528 g/mol. The maximum atomic E-state index is 13.8. The van der Waals surface area contributed by atoms with Crippen LogP contribution >= 0.6 is 0 Å². The highest BCUT2D eigenvalue weighted by atomic mass is 32.2. The molecular weight excluding hydrogens is 496 g/mol. The summed E-state index contributed by atoms with van der Waals surface area (Å²) in [6.07, 6.45) is 0. The molecule has 0 saturated carbocycles. The van der Waals surface area contributed by atoms with E-state index in [1.54, 1.807) is 44.4 Å². The second-order valence-corrected chi connectivity index (χ2v) is 9.85. The van der Waals surface area contributed by atoms with Crippen LogP contribution in [0.4, 0.5) is 5.69 Å². The molecule has 0 spiro atoms. The molecular formula is C27H32N2O7S. The molecule has 0 unspecified atom stereocenters. The Bertz CT molecular complexity index is 1310. The molecule has 198 valence electrons. The fourth-order valence-electron chi connectivity index (χ4n) is 3.81. The molecule has 3 rings (SSSR count). The third-order valence-corrected chi connectivity index (χ3v) is 7.42. The Morgan fingerprint density at radius 2 is 1.54 bits per heavy atom. The van der Waals surface area contributed by atoms with Gasteiger partial charge in [0, 0.05) is 11.6 Å². The van der Waals surface area contributed by atoms with Crippen molar-refractivity contribution in [2.75, 3.05) is 38.8 Å². The first-order chi connectivity index (χ1) is 17.7. The molecule has 0 aliphatic carbocycles. The van der Waals surface area contributed by atoms with Gasteiger partial charge in [0.15, 0.2) is 11.5 Å². The van der Waals surface area contributed by atoms with Gasteiger partial charge in [-0.05, 0) is 56.3 Å². The number of amides is 1. The number of ether oxygens (including phenoxy) is 4. The lowest BCUT2D eigenvalue weighted by Gasteiger charge is -2.26. The Kier molecular flexibility index (Phi) is 9.24. The quantitative estimate of drug-likeness (QED) is 0.376. The molecule has 3 aromatic rings. The summed E-state index contributed by atoms with van der Waals surface area (Å²) < 4.78 is 50.0. The van der Waals surface area contributed by atoms with Crippen LogP contribution in [-0.2, 0) is 14.8 Å². The number of methoxy groups -OCH3 is 3. The van der Waals surface area contributed by atoms with Crippen molar-refractivity contribution in [3.8, 4) is 23.0 Å². The zero-order valence-corrected chi connectivity index (χ0v) is 22.4. The van der Waals surface area contributed by atoms with Crippen LogP contribution in [0.25, 0.3) is 0 Å². The molecule has 0 fully saturated rings. The summed E-state index contributed by atoms with van der Waals surface area (Å²) >= 11 is 0. The number of nitrogens with zero attached hydrogens (tertiary/aromatic N) is 1. The molecule has 0 aromatic heterocycles. The number of para-hydroxylation sites is 1. The number of hydrogen-bond acceptors (Lipinski definition) is 7. The van der Waals surface area contributed by atoms with E-state index in [1.165, 1.54) is 32.4 Å². The van der Waals surface area contributed by atoms with Crippen molar-refractivity contribution in [3.05, 3.63) is 72.3 Å². The van der Waals surface area contributed by atoms with E-state index in [0.717, 1.165) is 9.87 Å². The predicted molar refractivity (Wildman–Crippen MR) is 141 cm³/mol. The summed E-state index contributed by atoms with van der Waals surface area (Å²) in [5, 5.41) is 2.87. The molecule has 0 radical (unpaired) electrons. The lowest BCUT2D eigenvalue weighted by Crippen LogP contribution is -2.41. The molecule has 0 aliphatic heterocycles. The summed E-state index contributed by atoms with van der Waals surface area (Å²) in [6, 6.07) is 17.7. The predicted octanol–water partition coefficient (Wildman–Crippen LogP) is 4.18. The summed E-state index contributed by atoms with van der Waals surface area (Å²) in [4.78, 5) is 13.1. The minimum absolute atomic E-state index is 0.0513. The highest BCUT2D eigenvalue weighted by molar-refractivity contribution is 7.92. The molecule has 9 nitrogen and oxygen atoms in total. The fraction of sp³-hybridized carbons (Fsp3) is 0.296. The number of carbonyl (C=O) groups is 1. The van der Waals surface area contributed by atoms with Gasteiger partial charge in [-0.15, -0.1) is 0 Å². The first-order valence-electron chi connectivity index (χ1n) is 11.6. The second-order valence-electron chi connectivity index (χ2n) is 7.99. The van der Waals surface area contributed by atoms with E-state index in [4.69, 9.17) is 18.9 Å². The zero-order chi connectivity index (χ0) is 27.0. The van der Waals surface area contributed by atoms with E-state index in [-0.39, 0.29) is 10.6 Å². The van der Waals surface area contributed by atoms with Crippen LogP contribution in [0.1, 0.15) is 25.5 Å². The first-order valence-corrected chi connectivity index (χ1v) is 13.1. The summed E-state index contributed by atoms with van der Waals surface area (Å²) in [6.45, 7) is 3.68. The molecule has 1 amide bonds. The van der Waals surface area contributed by atoms with Gasteiger partial charge in [0.25, 0.3) is 10.0 Å². The van der Waals surface area contributed by atoms with E-state index in [2.05, 4.69) is 5.32 Å². The van der Waals surface area contributed by atoms with E-state index < -0.39 is 28.5 Å². The summed E-state index contributed by atoms with van der Waals surface area (Å²) in [7, 11) is 0.264. The lowest BCUT2D eigenvalue weighted by atomic mass is 10.1. The maximum Gasteiger partial charge on any atom is 0.264 e. The molecule has 3 aromatic carbocycles. The number of benzene rings is 3. The molecule has 1 atom stereocenters. The van der Waals surface area contributed by atoms with Crippen molar-refractivity contribution in [1.29, 1.82) is 0 Å². The van der Waals surface area contributed by atoms with Crippen LogP contribution in [0.2, 0.25) is 0 Å². The SMILES string of the molecule is CCOc1ccc(N(CC(=O)N[C@H](C)c2ccccc2OC)S(=O)(=O)c2ccc(OC)c(OC)c2)cc1. The number of anilines is 1. The Balaban J connectivity index is 1.96. The number of rotatable bonds is 12. The van der Waals surface area contributed by atoms with E-state index >= 15 is 0 Å². The topological polar surface area (TPSA) is 103 Å². The Labute approximate surface area is 218 Å². The molecule has 0 heterocycles. The number of sulfonamides is 1. The lowest BCUT2D eigenvalue weighted by molar-refractivity contribution is -0.120. The molecule has 0 bridgehead atoms. The molecule has 10 heteroatoms. The molecule has 0 saturated heterocycles. The molecule has 1 N–H and O–H groups in total. The van der Waals surface area contributed by atoms with E-state index in [9.17, 15) is 13.2 Å². The number of hydrogen-bond donors (Lipinski definition) is 1. The normalized spacial score (nSPS) is 11.8. The zero-order valence-electron chi connectivity index (χ0n) is 21.6. The molecule has 0 aliphatic rings. The summed E-state index contributed by atoms with van der Waals surface area (Å²) in [5.41, 5.74) is 1.08. The highest BCUT2D eigenvalue weighted by Crippen LogP contribution is 2.33. The van der Waals surface area contributed by atoms with Crippen molar-refractivity contribution < 1.29 is 32.2 Å². The Morgan fingerprint density at radius 3 is 2.16 bits per heavy atom. The smallest absolute Gasteiger partial charge is 0.264 e. The average Bonchev–Trinajstić information content (AvgIpc) is 2.91. The minimum Gasteiger partial charge on any atom is -0.496 e. The van der Waals surface area contributed by atoms with Crippen LogP contribution in [0, 0.1) is 0 Å². The molecule has 37 heavy (non-hydrogen) atoms. The Morgan fingerprint density at radius 1 is 0.892 bits per heavy atom. The van der Waals surface area contributed by atoms with Gasteiger partial charge in [-0.1, -0.05) is 18.2 Å². The third-order valence-electron chi connectivity index (χ3n) is 5.65. The van der Waals surface area contributed by atoms with Crippen molar-refractivity contribution in [1.82, 2.24) is 5.32 Å². The standard InChI is InChI=1S/C27H32N2O7S/c1-6-36-21-13-11-20(12-14-21)29(37(31,32)22-15-16-25(34-4)26(17-22)35-5)18-27(30)28-19(2)23-9-7-8-10-24(23)33-3/h7-17,19H,6,18H2,1-5H3,(H,28,30)/t19-/m1/s1. The summed E-state index contributed by atoms with van der Waals surface area (Å²) in [5.74, 6) is 1.36. The van der Waals surface area contributed by atoms with E-state index in [1.807, 2.05) is 25.1 Å². The van der Waals surface area contributed by atoms with Gasteiger partial charge in [0.1, 0.15) is 18.0 Å². The minimum atomic E-state index is -4.17. The second kappa shape index (κ2) is 12.4. The van der Waals surface area contributed by atoms with Crippen LogP contribution in [0.3, 0.4) is 0 Å². The third kappa shape index (κ3) is 6.45. The van der Waals surface area contributed by atoms with Gasteiger partial charge < -0.3 is 24.3 Å². The van der Waals surface area contributed by atoms with Gasteiger partial charge in [0.2, 0.25) is 5.91 Å². The number of nitrogens with one attached hydrogen (secondary N) is 1. The van der Waals surface area contributed by atoms with Gasteiger partial charge in [-0.25, -0.2) is 8.42 Å². The van der Waals surface area contributed by atoms with Crippen molar-refractivity contribution in [2.45, 2.75) is 24.8 Å². The van der Waals surface area contributed by atoms with Crippen LogP contribution in [0.15, 0.2) is 71.6 Å². The van der Waals surface area contributed by atoms with Crippen molar-refractivity contribution in [2.24, 2.45) is 0 Å². The van der Waals surface area contributed by atoms with Crippen LogP contribution in [-0.4, -0.2) is 48.8 Å². The highest BCUT2D eigenvalue weighted by Gasteiger charge is 2.29. The largest absolute Gasteiger partial charge is 0.496 e. The number of carbonyl (C=O) groups excluding carboxylic acids is 1. The maximum absolute atomic E-state index is 13.8. The van der Waals surface area contributed by atoms with Crippen LogP contribution in [0.5, 0.6) is 23.0 Å². The van der Waals surface area contributed by atoms with Crippen molar-refractivity contribution >= 4 is 21.6 Å².